The van der Waals surface area contributed by atoms with Crippen molar-refractivity contribution in [1.82, 2.24) is 10.3 Å². The van der Waals surface area contributed by atoms with E-state index in [0.717, 1.165) is 28.9 Å². The lowest BCUT2D eigenvalue weighted by molar-refractivity contribution is 0.686. The Morgan fingerprint density at radius 3 is 2.50 bits per heavy atom. The molecule has 0 radical (unpaired) electrons. The van der Waals surface area contributed by atoms with Gasteiger partial charge in [-0.15, -0.1) is 0 Å². The van der Waals surface area contributed by atoms with Gasteiger partial charge in [0.2, 0.25) is 0 Å². The molecule has 0 spiro atoms. The van der Waals surface area contributed by atoms with Crippen LogP contribution in [0.4, 0.5) is 0 Å². The highest BCUT2D eigenvalue weighted by atomic mass is 35.5. The fraction of sp³-hybridized carbons (Fsp3) is 0.267. The van der Waals surface area contributed by atoms with E-state index >= 15 is 0 Å². The van der Waals surface area contributed by atoms with Crippen molar-refractivity contribution in [2.24, 2.45) is 0 Å². The Morgan fingerprint density at radius 1 is 1.11 bits per heavy atom. The van der Waals surface area contributed by atoms with Gasteiger partial charge in [-0.05, 0) is 36.6 Å². The van der Waals surface area contributed by atoms with Gasteiger partial charge in [-0.3, -0.25) is 4.98 Å². The van der Waals surface area contributed by atoms with Gasteiger partial charge in [0.05, 0.1) is 5.69 Å². The molecule has 1 aliphatic carbocycles. The van der Waals surface area contributed by atoms with E-state index in [9.17, 15) is 0 Å². The molecule has 1 heterocycles. The lowest BCUT2D eigenvalue weighted by atomic mass is 10.1. The van der Waals surface area contributed by atoms with Crippen LogP contribution >= 0.6 is 11.6 Å². The van der Waals surface area contributed by atoms with E-state index in [1.807, 2.05) is 30.5 Å². The predicted molar refractivity (Wildman–Crippen MR) is 74.5 cm³/mol. The van der Waals surface area contributed by atoms with Crippen molar-refractivity contribution in [3.63, 3.8) is 0 Å². The van der Waals surface area contributed by atoms with Gasteiger partial charge in [0, 0.05) is 29.4 Å². The average Bonchev–Trinajstić information content (AvgIpc) is 3.22. The minimum absolute atomic E-state index is 0.737. The Morgan fingerprint density at radius 2 is 1.89 bits per heavy atom. The largest absolute Gasteiger partial charge is 0.310 e. The fourth-order valence-corrected chi connectivity index (χ4v) is 2.00. The minimum Gasteiger partial charge on any atom is -0.310 e. The van der Waals surface area contributed by atoms with Crippen LogP contribution in [0.3, 0.4) is 0 Å². The third kappa shape index (κ3) is 2.89. The molecule has 92 valence electrons. The van der Waals surface area contributed by atoms with E-state index in [2.05, 4.69) is 22.4 Å². The molecule has 0 unspecified atom stereocenters. The van der Waals surface area contributed by atoms with Crippen LogP contribution in [0.25, 0.3) is 11.3 Å². The third-order valence-corrected chi connectivity index (χ3v) is 3.39. The van der Waals surface area contributed by atoms with Crippen LogP contribution in [0.1, 0.15) is 18.4 Å². The second-order valence-corrected chi connectivity index (χ2v) is 5.15. The van der Waals surface area contributed by atoms with Crippen molar-refractivity contribution >= 4 is 11.6 Å². The molecule has 0 aliphatic heterocycles. The summed E-state index contributed by atoms with van der Waals surface area (Å²) in [7, 11) is 0. The highest BCUT2D eigenvalue weighted by molar-refractivity contribution is 6.30. The fourth-order valence-electron chi connectivity index (χ4n) is 1.87. The van der Waals surface area contributed by atoms with E-state index < -0.39 is 0 Å². The molecule has 0 saturated heterocycles. The van der Waals surface area contributed by atoms with Gasteiger partial charge < -0.3 is 5.32 Å². The van der Waals surface area contributed by atoms with E-state index in [1.165, 1.54) is 18.4 Å². The van der Waals surface area contributed by atoms with Gasteiger partial charge in [0.25, 0.3) is 0 Å². The number of nitrogens with zero attached hydrogens (tertiary/aromatic N) is 1. The van der Waals surface area contributed by atoms with Crippen LogP contribution in [0.5, 0.6) is 0 Å². The molecule has 1 saturated carbocycles. The standard InChI is InChI=1S/C15H15ClN2/c16-13-4-2-12(3-5-13)15-8-1-11(10-18-15)9-17-14-6-7-14/h1-5,8,10,14,17H,6-7,9H2. The molecule has 2 nitrogen and oxygen atoms in total. The highest BCUT2D eigenvalue weighted by Crippen LogP contribution is 2.21. The number of hydrogen-bond acceptors (Lipinski definition) is 2. The number of rotatable bonds is 4. The lowest BCUT2D eigenvalue weighted by Gasteiger charge is -2.05. The van der Waals surface area contributed by atoms with Crippen LogP contribution in [0.2, 0.25) is 5.02 Å². The lowest BCUT2D eigenvalue weighted by Crippen LogP contribution is -2.15. The SMILES string of the molecule is Clc1ccc(-c2ccc(CNC3CC3)cn2)cc1. The van der Waals surface area contributed by atoms with Crippen LogP contribution in [0.15, 0.2) is 42.6 Å². The summed E-state index contributed by atoms with van der Waals surface area (Å²) in [4.78, 5) is 4.49. The summed E-state index contributed by atoms with van der Waals surface area (Å²) in [5, 5.41) is 4.24. The van der Waals surface area contributed by atoms with E-state index in [4.69, 9.17) is 11.6 Å². The van der Waals surface area contributed by atoms with Crippen molar-refractivity contribution in [2.45, 2.75) is 25.4 Å². The van der Waals surface area contributed by atoms with Crippen LogP contribution in [-0.2, 0) is 6.54 Å². The Balaban J connectivity index is 1.71. The Hall–Kier alpha value is -1.38. The molecule has 1 N–H and O–H groups in total. The molecule has 0 atom stereocenters. The summed E-state index contributed by atoms with van der Waals surface area (Å²) >= 11 is 5.87. The third-order valence-electron chi connectivity index (χ3n) is 3.14. The summed E-state index contributed by atoms with van der Waals surface area (Å²) in [5.41, 5.74) is 3.32. The number of aromatic nitrogens is 1. The second kappa shape index (κ2) is 5.09. The maximum absolute atomic E-state index is 5.87. The van der Waals surface area contributed by atoms with Gasteiger partial charge >= 0.3 is 0 Å². The summed E-state index contributed by atoms with van der Waals surface area (Å²) < 4.78 is 0. The minimum atomic E-state index is 0.737. The molecule has 1 fully saturated rings. The van der Waals surface area contributed by atoms with Gasteiger partial charge in [-0.1, -0.05) is 29.8 Å². The molecule has 0 amide bonds. The molecule has 3 heteroatoms. The molecular weight excluding hydrogens is 244 g/mol. The molecule has 3 rings (SSSR count). The predicted octanol–water partition coefficient (Wildman–Crippen LogP) is 3.65. The summed E-state index contributed by atoms with van der Waals surface area (Å²) in [6, 6.07) is 12.7. The zero-order valence-corrected chi connectivity index (χ0v) is 10.8. The maximum Gasteiger partial charge on any atom is 0.0702 e. The second-order valence-electron chi connectivity index (χ2n) is 4.71. The summed E-state index contributed by atoms with van der Waals surface area (Å²) in [6.07, 6.45) is 4.58. The number of pyridine rings is 1. The van der Waals surface area contributed by atoms with Crippen molar-refractivity contribution in [3.05, 3.63) is 53.2 Å². The first kappa shape index (κ1) is 11.7. The first-order chi connectivity index (χ1) is 8.81. The number of halogens is 1. The van der Waals surface area contributed by atoms with Crippen LogP contribution in [0, 0.1) is 0 Å². The van der Waals surface area contributed by atoms with Crippen molar-refractivity contribution < 1.29 is 0 Å². The summed E-state index contributed by atoms with van der Waals surface area (Å²) in [5.74, 6) is 0. The van der Waals surface area contributed by atoms with Gasteiger partial charge in [0.15, 0.2) is 0 Å². The Bertz CT molecular complexity index is 515. The van der Waals surface area contributed by atoms with E-state index in [-0.39, 0.29) is 0 Å². The van der Waals surface area contributed by atoms with Crippen LogP contribution in [-0.4, -0.2) is 11.0 Å². The quantitative estimate of drug-likeness (QED) is 0.905. The van der Waals surface area contributed by atoms with Crippen molar-refractivity contribution in [2.75, 3.05) is 0 Å². The monoisotopic (exact) mass is 258 g/mol. The summed E-state index contributed by atoms with van der Waals surface area (Å²) in [6.45, 7) is 0.915. The number of benzene rings is 1. The maximum atomic E-state index is 5.87. The Labute approximate surface area is 112 Å². The molecule has 1 aromatic carbocycles. The number of nitrogens with one attached hydrogen (secondary N) is 1. The molecular formula is C15H15ClN2. The van der Waals surface area contributed by atoms with Crippen molar-refractivity contribution in [3.8, 4) is 11.3 Å². The van der Waals surface area contributed by atoms with Gasteiger partial charge in [-0.25, -0.2) is 0 Å². The zero-order chi connectivity index (χ0) is 12.4. The molecule has 0 bridgehead atoms. The first-order valence-electron chi connectivity index (χ1n) is 6.25. The van der Waals surface area contributed by atoms with Crippen LogP contribution < -0.4 is 5.32 Å². The number of hydrogen-bond donors (Lipinski definition) is 1. The smallest absolute Gasteiger partial charge is 0.0702 e. The molecule has 18 heavy (non-hydrogen) atoms. The molecule has 2 aromatic rings. The van der Waals surface area contributed by atoms with Gasteiger partial charge in [-0.2, -0.15) is 0 Å². The average molecular weight is 259 g/mol. The Kier molecular flexibility index (Phi) is 3.31. The normalized spacial score (nSPS) is 14.7. The van der Waals surface area contributed by atoms with Gasteiger partial charge in [0.1, 0.15) is 0 Å². The first-order valence-corrected chi connectivity index (χ1v) is 6.63. The van der Waals surface area contributed by atoms with E-state index in [1.54, 1.807) is 0 Å². The highest BCUT2D eigenvalue weighted by Gasteiger charge is 2.19. The zero-order valence-electron chi connectivity index (χ0n) is 10.1. The van der Waals surface area contributed by atoms with Crippen molar-refractivity contribution in [1.29, 1.82) is 0 Å². The molecule has 1 aromatic heterocycles. The topological polar surface area (TPSA) is 24.9 Å². The molecule has 1 aliphatic rings. The van der Waals surface area contributed by atoms with E-state index in [0.29, 0.717) is 0 Å².